The summed E-state index contributed by atoms with van der Waals surface area (Å²) in [5, 5.41) is 35.2. The zero-order chi connectivity index (χ0) is 50.6. The zero-order valence-electron chi connectivity index (χ0n) is 42.5. The van der Waals surface area contributed by atoms with Crippen LogP contribution in [0.5, 0.6) is 0 Å². The molecular weight excluding hydrogens is 887 g/mol. The fourth-order valence-corrected chi connectivity index (χ4v) is 10.7. The number of ether oxygens (including phenoxy) is 5. The van der Waals surface area contributed by atoms with Crippen molar-refractivity contribution >= 4 is 29.2 Å². The van der Waals surface area contributed by atoms with Crippen LogP contribution < -0.4 is 0 Å². The second kappa shape index (κ2) is 25.7. The van der Waals surface area contributed by atoms with Crippen LogP contribution in [-0.2, 0) is 47.7 Å². The van der Waals surface area contributed by atoms with E-state index in [0.29, 0.717) is 56.9 Å². The summed E-state index contributed by atoms with van der Waals surface area (Å²) >= 11 is 0. The van der Waals surface area contributed by atoms with Crippen LogP contribution in [0.2, 0.25) is 0 Å². The van der Waals surface area contributed by atoms with Gasteiger partial charge in [-0.15, -0.1) is 5.10 Å². The Bertz CT molecular complexity index is 2020. The van der Waals surface area contributed by atoms with Crippen LogP contribution >= 0.6 is 0 Å². The van der Waals surface area contributed by atoms with Gasteiger partial charge in [0.15, 0.2) is 5.78 Å². The summed E-state index contributed by atoms with van der Waals surface area (Å²) in [5.41, 5.74) is 1.27. The van der Waals surface area contributed by atoms with Crippen molar-refractivity contribution in [3.05, 3.63) is 53.9 Å². The maximum absolute atomic E-state index is 14.5. The van der Waals surface area contributed by atoms with Gasteiger partial charge >= 0.3 is 5.97 Å². The molecule has 384 valence electrons. The SMILES string of the molecule is CO[C@H]1C[C@@H]2CC[C@@H](C)[C@@](O)(O2)C(=O)C(=O)N2CCCCC2C(=O)O[C@H]([C@H](C)C[C@@H]2CC[C@H](n3cnnn3)[C@H](OC)C2)CC(=O)[C@H](C)/C=C(\C)[C@@H](O)[C@@H](OC)C(=O)[C@@H](C)C[C@H](C)/C=C/C=C/C=C/1C. The number of aliphatic hydroxyl groups excluding tert-OH is 1. The molecule has 4 aliphatic rings. The third-order valence-electron chi connectivity index (χ3n) is 15.2. The highest BCUT2D eigenvalue weighted by atomic mass is 16.6. The third kappa shape index (κ3) is 14.2. The number of carbonyl (C=O) groups excluding carboxylic acids is 5. The summed E-state index contributed by atoms with van der Waals surface area (Å²) in [4.78, 5) is 72.3. The van der Waals surface area contributed by atoms with E-state index in [9.17, 15) is 34.2 Å². The number of amides is 1. The molecule has 17 nitrogen and oxygen atoms in total. The number of rotatable bonds is 7. The van der Waals surface area contributed by atoms with Crippen LogP contribution in [0.4, 0.5) is 0 Å². The molecule has 1 aromatic heterocycles. The first-order valence-corrected chi connectivity index (χ1v) is 25.0. The number of allylic oxidation sites excluding steroid dienone is 6. The molecule has 3 fully saturated rings. The highest BCUT2D eigenvalue weighted by molar-refractivity contribution is 6.39. The highest BCUT2D eigenvalue weighted by Gasteiger charge is 2.53. The monoisotopic (exact) mass is 966 g/mol. The molecule has 2 bridgehead atoms. The lowest BCUT2D eigenvalue weighted by Gasteiger charge is -2.42. The average Bonchev–Trinajstić information content (AvgIpc) is 3.88. The van der Waals surface area contributed by atoms with Gasteiger partial charge in [0, 0.05) is 58.5 Å². The normalized spacial score (nSPS) is 38.8. The van der Waals surface area contributed by atoms with Crippen LogP contribution in [0.15, 0.2) is 53.9 Å². The molecule has 69 heavy (non-hydrogen) atoms. The number of Topliss-reactive ketones (excluding diaryl/α,β-unsaturated/α-hetero) is 3. The number of piperidine rings is 1. The number of methoxy groups -OCH3 is 3. The first kappa shape index (κ1) is 55.7. The quantitative estimate of drug-likeness (QED) is 0.181. The lowest BCUT2D eigenvalue weighted by atomic mass is 9.77. The van der Waals surface area contributed by atoms with Gasteiger partial charge in [-0.1, -0.05) is 71.1 Å². The fourth-order valence-electron chi connectivity index (χ4n) is 10.7. The number of fused-ring (bicyclic) bond motifs is 3. The Balaban J connectivity index is 1.46. The number of carbonyl (C=O) groups is 5. The molecule has 15 atom stereocenters. The number of hydrogen-bond donors (Lipinski definition) is 2. The zero-order valence-corrected chi connectivity index (χ0v) is 42.5. The molecule has 4 heterocycles. The van der Waals surface area contributed by atoms with E-state index in [0.717, 1.165) is 18.4 Å². The first-order chi connectivity index (χ1) is 32.8. The second-order valence-electron chi connectivity index (χ2n) is 20.4. The van der Waals surface area contributed by atoms with Crippen LogP contribution in [-0.4, -0.2) is 141 Å². The minimum Gasteiger partial charge on any atom is -0.460 e. The van der Waals surface area contributed by atoms with Gasteiger partial charge in [0.25, 0.3) is 11.7 Å². The molecule has 1 saturated carbocycles. The molecule has 2 saturated heterocycles. The van der Waals surface area contributed by atoms with Crippen molar-refractivity contribution < 1.29 is 57.9 Å². The summed E-state index contributed by atoms with van der Waals surface area (Å²) < 4.78 is 31.6. The van der Waals surface area contributed by atoms with Gasteiger partial charge < -0.3 is 38.8 Å². The Labute approximate surface area is 408 Å². The Kier molecular flexibility index (Phi) is 20.8. The number of esters is 1. The van der Waals surface area contributed by atoms with E-state index in [2.05, 4.69) is 15.5 Å². The van der Waals surface area contributed by atoms with Crippen molar-refractivity contribution in [3.8, 4) is 0 Å². The second-order valence-corrected chi connectivity index (χ2v) is 20.4. The topological polar surface area (TPSA) is 219 Å². The predicted molar refractivity (Wildman–Crippen MR) is 256 cm³/mol. The van der Waals surface area contributed by atoms with Gasteiger partial charge in [-0.2, -0.15) is 0 Å². The number of nitrogens with zero attached hydrogens (tertiary/aromatic N) is 5. The molecule has 0 spiro atoms. The van der Waals surface area contributed by atoms with E-state index < -0.39 is 77.8 Å². The van der Waals surface area contributed by atoms with Crippen LogP contribution in [0, 0.1) is 35.5 Å². The lowest BCUT2D eigenvalue weighted by Crippen LogP contribution is -2.61. The smallest absolute Gasteiger partial charge is 0.329 e. The van der Waals surface area contributed by atoms with Gasteiger partial charge in [0.1, 0.15) is 36.5 Å². The summed E-state index contributed by atoms with van der Waals surface area (Å²) in [6.07, 6.45) is 13.9. The van der Waals surface area contributed by atoms with Crippen LogP contribution in [0.1, 0.15) is 132 Å². The van der Waals surface area contributed by atoms with Gasteiger partial charge in [0.05, 0.1) is 24.4 Å². The number of aliphatic hydroxyl groups is 2. The van der Waals surface area contributed by atoms with Crippen molar-refractivity contribution in [1.29, 1.82) is 0 Å². The predicted octanol–water partition coefficient (Wildman–Crippen LogP) is 6.05. The van der Waals surface area contributed by atoms with Crippen molar-refractivity contribution in [1.82, 2.24) is 25.1 Å². The molecule has 1 aliphatic carbocycles. The summed E-state index contributed by atoms with van der Waals surface area (Å²) in [5.74, 6) is -7.92. The van der Waals surface area contributed by atoms with E-state index in [1.807, 2.05) is 58.1 Å². The van der Waals surface area contributed by atoms with Gasteiger partial charge in [-0.25, -0.2) is 9.48 Å². The number of cyclic esters (lactones) is 1. The van der Waals surface area contributed by atoms with Crippen molar-refractivity contribution in [2.75, 3.05) is 27.9 Å². The van der Waals surface area contributed by atoms with Crippen molar-refractivity contribution in [2.45, 2.75) is 180 Å². The maximum atomic E-state index is 14.5. The molecule has 1 unspecified atom stereocenters. The minimum atomic E-state index is -2.43. The first-order valence-electron chi connectivity index (χ1n) is 25.0. The van der Waals surface area contributed by atoms with E-state index in [1.165, 1.54) is 12.0 Å². The fraction of sp³-hybridized carbons (Fsp3) is 0.731. The number of hydrogen-bond acceptors (Lipinski definition) is 15. The molecular formula is C52H79N5O12. The molecule has 1 amide bonds. The summed E-state index contributed by atoms with van der Waals surface area (Å²) in [7, 11) is 4.62. The number of tetrazole rings is 1. The lowest BCUT2D eigenvalue weighted by molar-refractivity contribution is -0.265. The van der Waals surface area contributed by atoms with E-state index in [4.69, 9.17) is 23.7 Å². The Morgan fingerprint density at radius 2 is 1.64 bits per heavy atom. The Morgan fingerprint density at radius 1 is 0.884 bits per heavy atom. The van der Waals surface area contributed by atoms with Crippen LogP contribution in [0.3, 0.4) is 0 Å². The largest absolute Gasteiger partial charge is 0.460 e. The minimum absolute atomic E-state index is 0.0170. The summed E-state index contributed by atoms with van der Waals surface area (Å²) in [6, 6.07) is -1.19. The van der Waals surface area contributed by atoms with Crippen molar-refractivity contribution in [2.24, 2.45) is 35.5 Å². The van der Waals surface area contributed by atoms with Crippen molar-refractivity contribution in [3.63, 3.8) is 0 Å². The molecule has 0 radical (unpaired) electrons. The standard InChI is InChI=1S/C52H79N5O12/c1-31-16-12-11-13-17-32(2)43(65-8)28-39-21-19-37(7)52(64,69-39)49(61)50(62)56-23-15-14-18-41(56)51(63)68-44(34(4)26-38-20-22-40(45(27-38)66-9)57-30-53-54-55-57)29-42(58)33(3)25-36(6)47(60)48(67-10)46(59)35(5)24-31/h11-13,16-17,25,30-31,33-35,37-41,43-45,47-48,60,64H,14-15,18-24,26-29H2,1-10H3/b13-11+,16-12+,32-17+,36-25+/t31-,33-,34-,35+,37-,38+,39+,40+,41?,43+,44+,45-,47-,48+,52-/m1/s1. The molecule has 2 N–H and O–H groups in total. The molecule has 0 aromatic carbocycles. The Hall–Kier alpha value is -4.26. The molecule has 5 rings (SSSR count). The van der Waals surface area contributed by atoms with Gasteiger partial charge in [-0.3, -0.25) is 19.2 Å². The summed E-state index contributed by atoms with van der Waals surface area (Å²) in [6.45, 7) is 12.8. The van der Waals surface area contributed by atoms with Gasteiger partial charge in [0.2, 0.25) is 5.79 Å². The third-order valence-corrected chi connectivity index (χ3v) is 15.2. The van der Waals surface area contributed by atoms with E-state index >= 15 is 0 Å². The molecule has 17 heteroatoms. The molecule has 3 aliphatic heterocycles. The van der Waals surface area contributed by atoms with E-state index in [1.54, 1.807) is 52.1 Å². The van der Waals surface area contributed by atoms with E-state index in [-0.39, 0.29) is 60.9 Å². The molecule has 1 aromatic rings. The van der Waals surface area contributed by atoms with Crippen LogP contribution in [0.25, 0.3) is 0 Å². The average molecular weight is 966 g/mol. The number of aromatic nitrogens is 4. The number of ketones is 3. The maximum Gasteiger partial charge on any atom is 0.329 e. The Morgan fingerprint density at radius 3 is 2.32 bits per heavy atom. The highest BCUT2D eigenvalue weighted by Crippen LogP contribution is 2.39. The van der Waals surface area contributed by atoms with Gasteiger partial charge in [-0.05, 0) is 117 Å².